The summed E-state index contributed by atoms with van der Waals surface area (Å²) < 4.78 is 89.4. The van der Waals surface area contributed by atoms with Gasteiger partial charge < -0.3 is 9.84 Å². The fourth-order valence-corrected chi connectivity index (χ4v) is 1.17. The van der Waals surface area contributed by atoms with Crippen LogP contribution in [-0.2, 0) is 17.4 Å². The number of rotatable bonds is 3. The minimum Gasteiger partial charge on any atom is -0.481 e. The van der Waals surface area contributed by atoms with Crippen molar-refractivity contribution >= 4 is 5.97 Å². The van der Waals surface area contributed by atoms with Crippen LogP contribution in [0.25, 0.3) is 0 Å². The Morgan fingerprint density at radius 3 is 2.20 bits per heavy atom. The second kappa shape index (κ2) is 5.13. The molecule has 0 spiro atoms. The van der Waals surface area contributed by atoms with E-state index in [9.17, 15) is 35.5 Å². The summed E-state index contributed by atoms with van der Waals surface area (Å²) in [4.78, 5) is 12.8. The Morgan fingerprint density at radius 2 is 1.80 bits per heavy atom. The van der Waals surface area contributed by atoms with Crippen LogP contribution in [0.5, 0.6) is 5.88 Å². The molecular weight excluding hydrogens is 303 g/mol. The highest BCUT2D eigenvalue weighted by molar-refractivity contribution is 5.71. The molecule has 1 aromatic heterocycles. The van der Waals surface area contributed by atoms with Crippen LogP contribution in [-0.4, -0.2) is 22.4 Å². The topological polar surface area (TPSA) is 59.4 Å². The van der Waals surface area contributed by atoms with E-state index >= 15 is 0 Å². The third-order valence-corrected chi connectivity index (χ3v) is 1.86. The zero-order chi connectivity index (χ0) is 15.7. The molecule has 0 atom stereocenters. The SMILES string of the molecule is O=C(O)Cc1c(F)cc(C(F)(F)F)nc1OC(F)(F)F. The number of aromatic nitrogens is 1. The monoisotopic (exact) mass is 307 g/mol. The number of hydrogen-bond donors (Lipinski definition) is 1. The lowest BCUT2D eigenvalue weighted by Crippen LogP contribution is -2.22. The highest BCUT2D eigenvalue weighted by Gasteiger charge is 2.38. The van der Waals surface area contributed by atoms with Crippen molar-refractivity contribution in [3.63, 3.8) is 0 Å². The average Bonchev–Trinajstić information content (AvgIpc) is 2.18. The minimum absolute atomic E-state index is 0.207. The van der Waals surface area contributed by atoms with Crippen molar-refractivity contribution in [2.75, 3.05) is 0 Å². The first-order valence-electron chi connectivity index (χ1n) is 4.64. The van der Waals surface area contributed by atoms with E-state index in [2.05, 4.69) is 9.72 Å². The van der Waals surface area contributed by atoms with E-state index in [0.29, 0.717) is 0 Å². The first-order valence-corrected chi connectivity index (χ1v) is 4.64. The zero-order valence-electron chi connectivity index (χ0n) is 9.14. The van der Waals surface area contributed by atoms with Gasteiger partial charge in [-0.2, -0.15) is 13.2 Å². The van der Waals surface area contributed by atoms with Crippen molar-refractivity contribution in [1.29, 1.82) is 0 Å². The lowest BCUT2D eigenvalue weighted by molar-refractivity contribution is -0.276. The van der Waals surface area contributed by atoms with E-state index in [4.69, 9.17) is 5.11 Å². The number of pyridine rings is 1. The second-order valence-corrected chi connectivity index (χ2v) is 3.39. The van der Waals surface area contributed by atoms with Gasteiger partial charge >= 0.3 is 18.5 Å². The van der Waals surface area contributed by atoms with E-state index in [-0.39, 0.29) is 6.07 Å². The Kier molecular flexibility index (Phi) is 4.10. The van der Waals surface area contributed by atoms with Crippen molar-refractivity contribution in [2.45, 2.75) is 19.0 Å². The predicted molar refractivity (Wildman–Crippen MR) is 47.2 cm³/mol. The van der Waals surface area contributed by atoms with Crippen LogP contribution in [0, 0.1) is 5.82 Å². The Bertz CT molecular complexity index is 523. The minimum atomic E-state index is -5.45. The Labute approximate surface area is 105 Å². The molecule has 1 aromatic rings. The molecule has 1 N–H and O–H groups in total. The van der Waals surface area contributed by atoms with Crippen LogP contribution >= 0.6 is 0 Å². The molecule has 1 rings (SSSR count). The Balaban J connectivity index is 3.39. The smallest absolute Gasteiger partial charge is 0.481 e. The maximum Gasteiger partial charge on any atom is 0.574 e. The van der Waals surface area contributed by atoms with Crippen LogP contribution in [0.3, 0.4) is 0 Å². The summed E-state index contributed by atoms with van der Waals surface area (Å²) in [6, 6.07) is -0.207. The Hall–Kier alpha value is -2.07. The summed E-state index contributed by atoms with van der Waals surface area (Å²) in [5.41, 5.74) is -3.20. The molecule has 0 radical (unpaired) electrons. The molecule has 1 heterocycles. The van der Waals surface area contributed by atoms with Gasteiger partial charge in [0.25, 0.3) is 0 Å². The van der Waals surface area contributed by atoms with Crippen molar-refractivity contribution in [3.05, 3.63) is 23.1 Å². The third-order valence-electron chi connectivity index (χ3n) is 1.86. The van der Waals surface area contributed by atoms with E-state index < -0.39 is 47.9 Å². The summed E-state index contributed by atoms with van der Waals surface area (Å²) in [6.07, 6.45) is -12.0. The average molecular weight is 307 g/mol. The normalized spacial score (nSPS) is 12.3. The summed E-state index contributed by atoms with van der Waals surface area (Å²) in [5.74, 6) is -5.36. The number of hydrogen-bond acceptors (Lipinski definition) is 3. The first-order chi connectivity index (χ1) is 8.90. The molecule has 112 valence electrons. The summed E-state index contributed by atoms with van der Waals surface area (Å²) in [6.45, 7) is 0. The highest BCUT2D eigenvalue weighted by atomic mass is 19.4. The molecule has 0 aliphatic heterocycles. The fraction of sp³-hybridized carbons (Fsp3) is 0.333. The molecule has 0 aliphatic carbocycles. The van der Waals surface area contributed by atoms with E-state index in [0.717, 1.165) is 0 Å². The molecule has 0 amide bonds. The third kappa shape index (κ3) is 4.24. The number of ether oxygens (including phenoxy) is 1. The van der Waals surface area contributed by atoms with E-state index in [1.54, 1.807) is 0 Å². The van der Waals surface area contributed by atoms with Gasteiger partial charge in [-0.15, -0.1) is 13.2 Å². The predicted octanol–water partition coefficient (Wildman–Crippen LogP) is 2.77. The molecule has 4 nitrogen and oxygen atoms in total. The maximum absolute atomic E-state index is 13.3. The van der Waals surface area contributed by atoms with Crippen LogP contribution in [0.15, 0.2) is 6.07 Å². The lowest BCUT2D eigenvalue weighted by atomic mass is 10.1. The number of aliphatic carboxylic acids is 1. The van der Waals surface area contributed by atoms with Crippen LogP contribution in [0.2, 0.25) is 0 Å². The second-order valence-electron chi connectivity index (χ2n) is 3.39. The zero-order valence-corrected chi connectivity index (χ0v) is 9.14. The molecule has 0 fully saturated rings. The molecule has 0 saturated heterocycles. The lowest BCUT2D eigenvalue weighted by Gasteiger charge is -2.14. The maximum atomic E-state index is 13.3. The van der Waals surface area contributed by atoms with E-state index in [1.807, 2.05) is 0 Å². The van der Waals surface area contributed by atoms with Gasteiger partial charge in [-0.1, -0.05) is 0 Å². The molecule has 0 unspecified atom stereocenters. The number of carboxylic acid groups (broad SMARTS) is 1. The van der Waals surface area contributed by atoms with Crippen molar-refractivity contribution in [1.82, 2.24) is 4.98 Å². The molecule has 0 aliphatic rings. The first kappa shape index (κ1) is 16.0. The number of halogens is 7. The molecule has 0 saturated carbocycles. The molecule has 0 aromatic carbocycles. The largest absolute Gasteiger partial charge is 0.574 e. The van der Waals surface area contributed by atoms with Gasteiger partial charge in [-0.25, -0.2) is 9.37 Å². The summed E-state index contributed by atoms with van der Waals surface area (Å²) in [7, 11) is 0. The van der Waals surface area contributed by atoms with Gasteiger partial charge in [0.05, 0.1) is 12.0 Å². The van der Waals surface area contributed by atoms with Gasteiger partial charge in [-0.05, 0) is 0 Å². The van der Waals surface area contributed by atoms with Gasteiger partial charge in [0, 0.05) is 6.07 Å². The van der Waals surface area contributed by atoms with Gasteiger partial charge in [0.1, 0.15) is 5.82 Å². The van der Waals surface area contributed by atoms with Gasteiger partial charge in [0.2, 0.25) is 5.88 Å². The van der Waals surface area contributed by atoms with Crippen molar-refractivity contribution in [2.24, 2.45) is 0 Å². The molecule has 0 bridgehead atoms. The Morgan fingerprint density at radius 1 is 1.25 bits per heavy atom. The quantitative estimate of drug-likeness (QED) is 0.872. The summed E-state index contributed by atoms with van der Waals surface area (Å²) >= 11 is 0. The standard InChI is InChI=1S/C9H4F7NO3/c10-4-2-5(8(11,12)13)17-7(20-9(14,15)16)3(4)1-6(18)19/h2H,1H2,(H,18,19). The van der Waals surface area contributed by atoms with Crippen LogP contribution < -0.4 is 4.74 Å². The number of alkyl halides is 6. The van der Waals surface area contributed by atoms with Crippen molar-refractivity contribution in [3.8, 4) is 5.88 Å². The summed E-state index contributed by atoms with van der Waals surface area (Å²) in [5, 5.41) is 8.39. The molecule has 20 heavy (non-hydrogen) atoms. The van der Waals surface area contributed by atoms with Crippen LogP contribution in [0.1, 0.15) is 11.3 Å². The number of carbonyl (C=O) groups is 1. The molecular formula is C9H4F7NO3. The van der Waals surface area contributed by atoms with Gasteiger partial charge in [0.15, 0.2) is 5.69 Å². The number of nitrogens with zero attached hydrogens (tertiary/aromatic N) is 1. The highest BCUT2D eigenvalue weighted by Crippen LogP contribution is 2.33. The fourth-order valence-electron chi connectivity index (χ4n) is 1.17. The molecule has 11 heteroatoms. The number of carboxylic acids is 1. The van der Waals surface area contributed by atoms with Gasteiger partial charge in [-0.3, -0.25) is 4.79 Å². The van der Waals surface area contributed by atoms with Crippen LogP contribution in [0.4, 0.5) is 30.7 Å². The van der Waals surface area contributed by atoms with E-state index in [1.165, 1.54) is 0 Å². The van der Waals surface area contributed by atoms with Crippen molar-refractivity contribution < 1.29 is 45.4 Å².